The zero-order chi connectivity index (χ0) is 13.9. The van der Waals surface area contributed by atoms with Crippen molar-refractivity contribution in [2.45, 2.75) is 65.3 Å². The smallest absolute Gasteiger partial charge is 0.222 e. The minimum Gasteiger partial charge on any atom is -0.343 e. The number of amides is 1. The summed E-state index contributed by atoms with van der Waals surface area (Å²) in [4.78, 5) is 14.3. The van der Waals surface area contributed by atoms with Crippen molar-refractivity contribution in [1.82, 2.24) is 10.2 Å². The van der Waals surface area contributed by atoms with Gasteiger partial charge in [0.25, 0.3) is 0 Å². The molecule has 1 N–H and O–H groups in total. The highest BCUT2D eigenvalue weighted by Gasteiger charge is 2.30. The van der Waals surface area contributed by atoms with Gasteiger partial charge in [0, 0.05) is 25.6 Å². The van der Waals surface area contributed by atoms with Gasteiger partial charge in [0.15, 0.2) is 0 Å². The Bertz CT molecular complexity index is 294. The van der Waals surface area contributed by atoms with Crippen LogP contribution in [0.4, 0.5) is 0 Å². The largest absolute Gasteiger partial charge is 0.343 e. The van der Waals surface area contributed by atoms with Crippen molar-refractivity contribution in [1.29, 1.82) is 0 Å². The first-order chi connectivity index (χ1) is 8.97. The highest BCUT2D eigenvalue weighted by molar-refractivity contribution is 5.76. The molecule has 2 saturated heterocycles. The number of likely N-dealkylation sites (tertiary alicyclic amines) is 1. The molecule has 0 aromatic rings. The van der Waals surface area contributed by atoms with Gasteiger partial charge >= 0.3 is 0 Å². The summed E-state index contributed by atoms with van der Waals surface area (Å²) in [7, 11) is 0. The highest BCUT2D eigenvalue weighted by atomic mass is 16.2. The molecule has 0 spiro atoms. The van der Waals surface area contributed by atoms with E-state index in [1.807, 2.05) is 0 Å². The molecular weight excluding hydrogens is 236 g/mol. The van der Waals surface area contributed by atoms with Gasteiger partial charge in [-0.15, -0.1) is 0 Å². The Balaban J connectivity index is 1.70. The number of carbonyl (C=O) groups excluding carboxylic acids is 1. The van der Waals surface area contributed by atoms with Crippen LogP contribution < -0.4 is 5.32 Å². The van der Waals surface area contributed by atoms with Crippen LogP contribution in [0.3, 0.4) is 0 Å². The van der Waals surface area contributed by atoms with Gasteiger partial charge in [0.05, 0.1) is 0 Å². The second-order valence-corrected chi connectivity index (χ2v) is 7.35. The van der Waals surface area contributed by atoms with Crippen molar-refractivity contribution in [3.05, 3.63) is 0 Å². The maximum Gasteiger partial charge on any atom is 0.222 e. The second kappa shape index (κ2) is 6.25. The molecule has 0 saturated carbocycles. The van der Waals surface area contributed by atoms with E-state index in [4.69, 9.17) is 0 Å². The van der Waals surface area contributed by atoms with E-state index in [1.165, 1.54) is 25.7 Å². The average Bonchev–Trinajstić information content (AvgIpc) is 2.88. The summed E-state index contributed by atoms with van der Waals surface area (Å²) in [6, 6.07) is 0.594. The monoisotopic (exact) mass is 266 g/mol. The van der Waals surface area contributed by atoms with E-state index in [9.17, 15) is 4.79 Å². The molecule has 1 atom stereocenters. The molecule has 1 unspecified atom stereocenters. The number of hydrogen-bond donors (Lipinski definition) is 1. The fraction of sp³-hybridized carbons (Fsp3) is 0.938. The molecule has 3 nitrogen and oxygen atoms in total. The molecule has 2 heterocycles. The van der Waals surface area contributed by atoms with Gasteiger partial charge in [-0.05, 0) is 50.0 Å². The van der Waals surface area contributed by atoms with Gasteiger partial charge in [-0.3, -0.25) is 4.79 Å². The lowest BCUT2D eigenvalue weighted by Crippen LogP contribution is -2.41. The summed E-state index contributed by atoms with van der Waals surface area (Å²) >= 11 is 0. The number of hydrogen-bond acceptors (Lipinski definition) is 2. The quantitative estimate of drug-likeness (QED) is 0.852. The molecule has 0 radical (unpaired) electrons. The molecule has 0 bridgehead atoms. The first-order valence-electron chi connectivity index (χ1n) is 7.98. The number of rotatable bonds is 3. The number of carbonyl (C=O) groups is 1. The standard InChI is InChI=1S/C16H30N2O/c1-16(2,3)13-8-11-18(12-9-13)15(19)7-6-14-5-4-10-17-14/h13-14,17H,4-12H2,1-3H3. The van der Waals surface area contributed by atoms with Gasteiger partial charge in [0.1, 0.15) is 0 Å². The normalized spacial score (nSPS) is 25.8. The van der Waals surface area contributed by atoms with E-state index in [0.717, 1.165) is 38.4 Å². The molecule has 2 fully saturated rings. The SMILES string of the molecule is CC(C)(C)C1CCN(C(=O)CCC2CCCN2)CC1. The third kappa shape index (κ3) is 4.20. The second-order valence-electron chi connectivity index (χ2n) is 7.35. The Hall–Kier alpha value is -0.570. The van der Waals surface area contributed by atoms with Crippen LogP contribution in [0.15, 0.2) is 0 Å². The van der Waals surface area contributed by atoms with Crippen LogP contribution in [-0.4, -0.2) is 36.5 Å². The first kappa shape index (κ1) is 14.8. The fourth-order valence-corrected chi connectivity index (χ4v) is 3.45. The van der Waals surface area contributed by atoms with Gasteiger partial charge in [-0.25, -0.2) is 0 Å². The van der Waals surface area contributed by atoms with E-state index < -0.39 is 0 Å². The molecule has 19 heavy (non-hydrogen) atoms. The molecule has 110 valence electrons. The predicted molar refractivity (Wildman–Crippen MR) is 79.0 cm³/mol. The Labute approximate surface area is 118 Å². The number of nitrogens with zero attached hydrogens (tertiary/aromatic N) is 1. The van der Waals surface area contributed by atoms with Crippen LogP contribution >= 0.6 is 0 Å². The lowest BCUT2D eigenvalue weighted by molar-refractivity contribution is -0.133. The lowest BCUT2D eigenvalue weighted by atomic mass is 9.75. The Kier molecular flexibility index (Phi) is 4.88. The summed E-state index contributed by atoms with van der Waals surface area (Å²) < 4.78 is 0. The van der Waals surface area contributed by atoms with Crippen LogP contribution in [0.2, 0.25) is 0 Å². The summed E-state index contributed by atoms with van der Waals surface area (Å²) in [5.74, 6) is 1.15. The Morgan fingerprint density at radius 2 is 1.89 bits per heavy atom. The summed E-state index contributed by atoms with van der Waals surface area (Å²) in [5.41, 5.74) is 0.392. The topological polar surface area (TPSA) is 32.3 Å². The van der Waals surface area contributed by atoms with Crippen LogP contribution in [-0.2, 0) is 4.79 Å². The minimum absolute atomic E-state index is 0.376. The van der Waals surface area contributed by atoms with Crippen LogP contribution in [0.25, 0.3) is 0 Å². The molecule has 2 rings (SSSR count). The maximum absolute atomic E-state index is 12.2. The van der Waals surface area contributed by atoms with Crippen molar-refractivity contribution < 1.29 is 4.79 Å². The van der Waals surface area contributed by atoms with E-state index in [1.54, 1.807) is 0 Å². The lowest BCUT2D eigenvalue weighted by Gasteiger charge is -2.38. The van der Waals surface area contributed by atoms with E-state index in [-0.39, 0.29) is 0 Å². The van der Waals surface area contributed by atoms with Crippen LogP contribution in [0.1, 0.15) is 59.3 Å². The molecule has 0 aliphatic carbocycles. The predicted octanol–water partition coefficient (Wildman–Crippen LogP) is 2.80. The van der Waals surface area contributed by atoms with Crippen LogP contribution in [0, 0.1) is 11.3 Å². The molecule has 0 aromatic heterocycles. The van der Waals surface area contributed by atoms with Crippen LogP contribution in [0.5, 0.6) is 0 Å². The molecule has 1 amide bonds. The van der Waals surface area contributed by atoms with Gasteiger partial charge in [-0.2, -0.15) is 0 Å². The molecule has 2 aliphatic heterocycles. The van der Waals surface area contributed by atoms with Crippen molar-refractivity contribution >= 4 is 5.91 Å². The van der Waals surface area contributed by atoms with Crippen molar-refractivity contribution in [2.75, 3.05) is 19.6 Å². The molecule has 3 heteroatoms. The van der Waals surface area contributed by atoms with Crippen molar-refractivity contribution in [3.63, 3.8) is 0 Å². The number of nitrogens with one attached hydrogen (secondary N) is 1. The van der Waals surface area contributed by atoms with E-state index >= 15 is 0 Å². The summed E-state index contributed by atoms with van der Waals surface area (Å²) in [6.07, 6.45) is 6.64. The summed E-state index contributed by atoms with van der Waals surface area (Å²) in [6.45, 7) is 10.0. The van der Waals surface area contributed by atoms with E-state index in [2.05, 4.69) is 31.0 Å². The fourth-order valence-electron chi connectivity index (χ4n) is 3.45. The first-order valence-corrected chi connectivity index (χ1v) is 7.98. The highest BCUT2D eigenvalue weighted by Crippen LogP contribution is 2.34. The van der Waals surface area contributed by atoms with Gasteiger partial charge < -0.3 is 10.2 Å². The average molecular weight is 266 g/mol. The maximum atomic E-state index is 12.2. The summed E-state index contributed by atoms with van der Waals surface area (Å²) in [5, 5.41) is 3.47. The third-order valence-electron chi connectivity index (χ3n) is 4.94. The minimum atomic E-state index is 0.376. The van der Waals surface area contributed by atoms with Crippen molar-refractivity contribution in [2.24, 2.45) is 11.3 Å². The zero-order valence-corrected chi connectivity index (χ0v) is 12.9. The molecular formula is C16H30N2O. The molecule has 2 aliphatic rings. The Morgan fingerprint density at radius 1 is 1.21 bits per heavy atom. The zero-order valence-electron chi connectivity index (χ0n) is 12.9. The van der Waals surface area contributed by atoms with E-state index in [0.29, 0.717) is 17.4 Å². The third-order valence-corrected chi connectivity index (χ3v) is 4.94. The van der Waals surface area contributed by atoms with Gasteiger partial charge in [0.2, 0.25) is 5.91 Å². The van der Waals surface area contributed by atoms with Crippen molar-refractivity contribution in [3.8, 4) is 0 Å². The Morgan fingerprint density at radius 3 is 2.42 bits per heavy atom. The molecule has 0 aromatic carbocycles. The number of piperidine rings is 1. The van der Waals surface area contributed by atoms with Gasteiger partial charge in [-0.1, -0.05) is 20.8 Å².